The minimum atomic E-state index is -4.44. The van der Waals surface area contributed by atoms with Crippen molar-refractivity contribution >= 4 is 34.3 Å². The van der Waals surface area contributed by atoms with Gasteiger partial charge in [-0.3, -0.25) is 0 Å². The third kappa shape index (κ3) is 2.59. The summed E-state index contributed by atoms with van der Waals surface area (Å²) in [4.78, 5) is 4.04. The highest BCUT2D eigenvalue weighted by molar-refractivity contribution is 6.38. The van der Waals surface area contributed by atoms with Crippen LogP contribution in [0.3, 0.4) is 0 Å². The lowest BCUT2D eigenvalue weighted by Crippen LogP contribution is -2.03. The summed E-state index contributed by atoms with van der Waals surface area (Å²) in [6, 6.07) is 7.92. The molecule has 1 aromatic heterocycles. The molecule has 0 saturated heterocycles. The highest BCUT2D eigenvalue weighted by atomic mass is 35.5. The maximum atomic E-state index is 12.7. The van der Waals surface area contributed by atoms with E-state index in [1.165, 1.54) is 6.07 Å². The summed E-state index contributed by atoms with van der Waals surface area (Å²) >= 11 is 12.1. The van der Waals surface area contributed by atoms with Crippen molar-refractivity contribution in [2.45, 2.75) is 6.18 Å². The van der Waals surface area contributed by atoms with Gasteiger partial charge < -0.3 is 4.42 Å². The molecule has 2 nitrogen and oxygen atoms in total. The first-order valence-corrected chi connectivity index (χ1v) is 6.54. The molecule has 21 heavy (non-hydrogen) atoms. The summed E-state index contributed by atoms with van der Waals surface area (Å²) < 4.78 is 43.5. The number of alkyl halides is 3. The molecule has 0 fully saturated rings. The van der Waals surface area contributed by atoms with Crippen LogP contribution in [0.15, 0.2) is 40.8 Å². The summed E-state index contributed by atoms with van der Waals surface area (Å²) in [5, 5.41) is 0.621. The van der Waals surface area contributed by atoms with Gasteiger partial charge in [0.2, 0.25) is 5.89 Å². The number of aromatic nitrogens is 1. The molecule has 3 rings (SSSR count). The highest BCUT2D eigenvalue weighted by Crippen LogP contribution is 2.37. The van der Waals surface area contributed by atoms with Gasteiger partial charge in [0, 0.05) is 0 Å². The fraction of sp³-hybridized carbons (Fsp3) is 0.0714. The van der Waals surface area contributed by atoms with Gasteiger partial charge in [0.05, 0.1) is 21.2 Å². The van der Waals surface area contributed by atoms with E-state index in [0.29, 0.717) is 15.6 Å². The average Bonchev–Trinajstić information content (AvgIpc) is 2.79. The molecule has 3 aromatic rings. The zero-order chi connectivity index (χ0) is 15.2. The van der Waals surface area contributed by atoms with Crippen molar-refractivity contribution < 1.29 is 17.6 Å². The molecule has 108 valence electrons. The molecule has 1 heterocycles. The Morgan fingerprint density at radius 1 is 1.00 bits per heavy atom. The fourth-order valence-electron chi connectivity index (χ4n) is 1.91. The van der Waals surface area contributed by atoms with Gasteiger partial charge in [0.15, 0.2) is 5.58 Å². The van der Waals surface area contributed by atoms with E-state index in [9.17, 15) is 13.2 Å². The molecule has 0 atom stereocenters. The van der Waals surface area contributed by atoms with Crippen LogP contribution >= 0.6 is 23.2 Å². The number of benzene rings is 2. The Kier molecular flexibility index (Phi) is 3.34. The Morgan fingerprint density at radius 3 is 2.29 bits per heavy atom. The van der Waals surface area contributed by atoms with Gasteiger partial charge in [0.25, 0.3) is 0 Å². The second kappa shape index (κ2) is 4.93. The molecular weight excluding hydrogens is 326 g/mol. The summed E-state index contributed by atoms with van der Waals surface area (Å²) in [7, 11) is 0. The Bertz CT molecular complexity index is 806. The van der Waals surface area contributed by atoms with Crippen molar-refractivity contribution in [3.8, 4) is 11.5 Å². The Morgan fingerprint density at radius 2 is 1.67 bits per heavy atom. The van der Waals surface area contributed by atoms with Gasteiger partial charge >= 0.3 is 6.18 Å². The van der Waals surface area contributed by atoms with Crippen LogP contribution in [-0.4, -0.2) is 4.98 Å². The van der Waals surface area contributed by atoms with E-state index in [1.54, 1.807) is 18.2 Å². The van der Waals surface area contributed by atoms with Crippen molar-refractivity contribution in [1.29, 1.82) is 0 Å². The summed E-state index contributed by atoms with van der Waals surface area (Å²) in [6.07, 6.45) is -4.44. The van der Waals surface area contributed by atoms with Gasteiger partial charge in [-0.25, -0.2) is 4.98 Å². The first kappa shape index (κ1) is 14.2. The SMILES string of the molecule is FC(F)(F)c1ccc2oc(-c3c(Cl)cccc3Cl)nc2c1. The predicted octanol–water partition coefficient (Wildman–Crippen LogP) is 5.82. The van der Waals surface area contributed by atoms with E-state index in [0.717, 1.165) is 12.1 Å². The lowest BCUT2D eigenvalue weighted by Gasteiger charge is -2.04. The molecule has 0 N–H and O–H groups in total. The second-order valence-electron chi connectivity index (χ2n) is 4.30. The van der Waals surface area contributed by atoms with Gasteiger partial charge in [-0.15, -0.1) is 0 Å². The first-order chi connectivity index (χ1) is 9.86. The van der Waals surface area contributed by atoms with E-state index in [2.05, 4.69) is 4.98 Å². The monoisotopic (exact) mass is 331 g/mol. The molecule has 0 unspecified atom stereocenters. The van der Waals surface area contributed by atoms with Crippen molar-refractivity contribution in [1.82, 2.24) is 4.98 Å². The van der Waals surface area contributed by atoms with Crippen LogP contribution < -0.4 is 0 Å². The van der Waals surface area contributed by atoms with E-state index in [4.69, 9.17) is 27.6 Å². The van der Waals surface area contributed by atoms with Crippen LogP contribution in [0.2, 0.25) is 10.0 Å². The van der Waals surface area contributed by atoms with Crippen LogP contribution in [0.5, 0.6) is 0 Å². The maximum Gasteiger partial charge on any atom is 0.416 e. The predicted molar refractivity (Wildman–Crippen MR) is 74.5 cm³/mol. The van der Waals surface area contributed by atoms with Gasteiger partial charge in [-0.2, -0.15) is 13.2 Å². The highest BCUT2D eigenvalue weighted by Gasteiger charge is 2.31. The molecule has 0 radical (unpaired) electrons. The largest absolute Gasteiger partial charge is 0.436 e. The van der Waals surface area contributed by atoms with Crippen LogP contribution in [0.25, 0.3) is 22.6 Å². The number of hydrogen-bond acceptors (Lipinski definition) is 2. The number of halogens is 5. The Hall–Kier alpha value is -1.72. The fourth-order valence-corrected chi connectivity index (χ4v) is 2.47. The van der Waals surface area contributed by atoms with E-state index in [1.807, 2.05) is 0 Å². The maximum absolute atomic E-state index is 12.7. The smallest absolute Gasteiger partial charge is 0.416 e. The van der Waals surface area contributed by atoms with Crippen LogP contribution in [0, 0.1) is 0 Å². The molecule has 0 aliphatic rings. The minimum Gasteiger partial charge on any atom is -0.436 e. The standard InChI is InChI=1S/C14H6Cl2F3NO/c15-8-2-1-3-9(16)12(8)13-20-10-6-7(14(17,18)19)4-5-11(10)21-13/h1-6H. The average molecular weight is 332 g/mol. The third-order valence-electron chi connectivity index (χ3n) is 2.89. The Labute approximate surface area is 127 Å². The van der Waals surface area contributed by atoms with Gasteiger partial charge in [0.1, 0.15) is 5.52 Å². The molecule has 0 amide bonds. The first-order valence-electron chi connectivity index (χ1n) is 5.78. The van der Waals surface area contributed by atoms with Gasteiger partial charge in [-0.05, 0) is 30.3 Å². The molecule has 0 saturated carbocycles. The number of fused-ring (bicyclic) bond motifs is 1. The van der Waals surface area contributed by atoms with Crippen molar-refractivity contribution in [3.05, 3.63) is 52.0 Å². The number of hydrogen-bond donors (Lipinski definition) is 0. The third-order valence-corrected chi connectivity index (χ3v) is 3.52. The van der Waals surface area contributed by atoms with Crippen LogP contribution in [0.1, 0.15) is 5.56 Å². The lowest BCUT2D eigenvalue weighted by atomic mass is 10.2. The normalized spacial score (nSPS) is 12.0. The summed E-state index contributed by atoms with van der Waals surface area (Å²) in [5.74, 6) is 0.0833. The van der Waals surface area contributed by atoms with E-state index < -0.39 is 11.7 Å². The van der Waals surface area contributed by atoms with E-state index >= 15 is 0 Å². The van der Waals surface area contributed by atoms with E-state index in [-0.39, 0.29) is 17.0 Å². The summed E-state index contributed by atoms with van der Waals surface area (Å²) in [6.45, 7) is 0. The van der Waals surface area contributed by atoms with Crippen LogP contribution in [-0.2, 0) is 6.18 Å². The second-order valence-corrected chi connectivity index (χ2v) is 5.11. The van der Waals surface area contributed by atoms with Crippen molar-refractivity contribution in [3.63, 3.8) is 0 Å². The summed E-state index contributed by atoms with van der Waals surface area (Å²) in [5.41, 5.74) is -0.115. The molecular formula is C14H6Cl2F3NO. The van der Waals surface area contributed by atoms with Crippen molar-refractivity contribution in [2.75, 3.05) is 0 Å². The van der Waals surface area contributed by atoms with Gasteiger partial charge in [-0.1, -0.05) is 29.3 Å². The Balaban J connectivity index is 2.18. The zero-order valence-corrected chi connectivity index (χ0v) is 11.7. The molecule has 2 aromatic carbocycles. The topological polar surface area (TPSA) is 26.0 Å². The molecule has 0 aliphatic heterocycles. The van der Waals surface area contributed by atoms with Crippen molar-refractivity contribution in [2.24, 2.45) is 0 Å². The number of rotatable bonds is 1. The molecule has 0 bridgehead atoms. The molecule has 0 spiro atoms. The number of nitrogens with zero attached hydrogens (tertiary/aromatic N) is 1. The minimum absolute atomic E-state index is 0.0833. The lowest BCUT2D eigenvalue weighted by molar-refractivity contribution is -0.137. The molecule has 0 aliphatic carbocycles. The zero-order valence-electron chi connectivity index (χ0n) is 10.2. The number of oxazole rings is 1. The quantitative estimate of drug-likeness (QED) is 0.561. The van der Waals surface area contributed by atoms with Crippen LogP contribution in [0.4, 0.5) is 13.2 Å². The molecule has 7 heteroatoms.